The molecule has 38 valence electrons. The number of rotatable bonds is 1. The topological polar surface area (TPSA) is 17.1 Å². The summed E-state index contributed by atoms with van der Waals surface area (Å²) in [5.74, 6) is 0.0399. The molecule has 1 nitrogen and oxygen atoms in total. The molecule has 0 fully saturated rings. The summed E-state index contributed by atoms with van der Waals surface area (Å²) in [5, 5.41) is 0. The van der Waals surface area contributed by atoms with Crippen molar-refractivity contribution in [2.75, 3.05) is 0 Å². The molecule has 0 aliphatic heterocycles. The normalized spacial score (nSPS) is 6.57. The second-order valence-corrected chi connectivity index (χ2v) is 1.21. The Morgan fingerprint density at radius 1 is 1.71 bits per heavy atom. The third-order valence-corrected chi connectivity index (χ3v) is 0.453. The van der Waals surface area contributed by atoms with E-state index in [-0.39, 0.29) is 5.78 Å². The molecular weight excluding hydrogens is 88.1 g/mol. The fourth-order valence-corrected chi connectivity index (χ4v) is 0.201. The van der Waals surface area contributed by atoms with Gasteiger partial charge in [0.05, 0.1) is 0 Å². The van der Waals surface area contributed by atoms with Crippen LogP contribution in [0.4, 0.5) is 0 Å². The maximum absolute atomic E-state index is 10.1. The third-order valence-electron chi connectivity index (χ3n) is 0.453. The minimum absolute atomic E-state index is 0.0399. The SMILES string of the molecule is CC=C=CC(C)=O. The summed E-state index contributed by atoms with van der Waals surface area (Å²) < 4.78 is 0. The van der Waals surface area contributed by atoms with Crippen molar-refractivity contribution >= 4 is 5.78 Å². The maximum Gasteiger partial charge on any atom is 0.160 e. The second kappa shape index (κ2) is 3.38. The zero-order valence-electron chi connectivity index (χ0n) is 4.56. The molecule has 0 unspecified atom stereocenters. The Kier molecular flexibility index (Phi) is 2.99. The van der Waals surface area contributed by atoms with Crippen molar-refractivity contribution in [1.29, 1.82) is 0 Å². The Labute approximate surface area is 43.3 Å². The van der Waals surface area contributed by atoms with Gasteiger partial charge in [0.2, 0.25) is 0 Å². The number of hydrogen-bond acceptors (Lipinski definition) is 1. The highest BCUT2D eigenvalue weighted by Crippen LogP contribution is 1.67. The zero-order chi connectivity index (χ0) is 5.70. The van der Waals surface area contributed by atoms with Gasteiger partial charge in [-0.05, 0) is 19.9 Å². The minimum Gasteiger partial charge on any atom is -0.294 e. The van der Waals surface area contributed by atoms with Crippen LogP contribution < -0.4 is 0 Å². The lowest BCUT2D eigenvalue weighted by Crippen LogP contribution is -1.75. The van der Waals surface area contributed by atoms with Gasteiger partial charge >= 0.3 is 0 Å². The first kappa shape index (κ1) is 6.19. The van der Waals surface area contributed by atoms with Gasteiger partial charge < -0.3 is 0 Å². The van der Waals surface area contributed by atoms with E-state index in [0.717, 1.165) is 0 Å². The monoisotopic (exact) mass is 96.1 g/mol. The zero-order valence-corrected chi connectivity index (χ0v) is 4.56. The Morgan fingerprint density at radius 2 is 2.29 bits per heavy atom. The predicted molar refractivity (Wildman–Crippen MR) is 29.0 cm³/mol. The molecule has 0 bridgehead atoms. The van der Waals surface area contributed by atoms with Crippen molar-refractivity contribution in [3.05, 3.63) is 17.9 Å². The molecule has 0 amide bonds. The van der Waals surface area contributed by atoms with E-state index >= 15 is 0 Å². The molecule has 0 aromatic rings. The van der Waals surface area contributed by atoms with Crippen molar-refractivity contribution < 1.29 is 4.79 Å². The molecule has 0 radical (unpaired) electrons. The summed E-state index contributed by atoms with van der Waals surface area (Å²) in [6.07, 6.45) is 3.10. The molecule has 0 aromatic carbocycles. The number of allylic oxidation sites excluding steroid dienone is 1. The van der Waals surface area contributed by atoms with Crippen LogP contribution in [0.1, 0.15) is 13.8 Å². The molecule has 0 spiro atoms. The molecule has 0 atom stereocenters. The largest absolute Gasteiger partial charge is 0.294 e. The number of carbonyl (C=O) groups excluding carboxylic acids is 1. The van der Waals surface area contributed by atoms with Crippen molar-refractivity contribution in [3.63, 3.8) is 0 Å². The van der Waals surface area contributed by atoms with E-state index < -0.39 is 0 Å². The first-order valence-corrected chi connectivity index (χ1v) is 2.15. The Hall–Kier alpha value is -0.810. The molecule has 0 saturated carbocycles. The average molecular weight is 96.1 g/mol. The van der Waals surface area contributed by atoms with Gasteiger partial charge in [0, 0.05) is 6.08 Å². The number of hydrogen-bond donors (Lipinski definition) is 0. The standard InChI is InChI=1S/C6H8O/c1-3-4-5-6(2)7/h3,5H,1-2H3. The van der Waals surface area contributed by atoms with Gasteiger partial charge in [0.15, 0.2) is 5.78 Å². The highest BCUT2D eigenvalue weighted by Gasteiger charge is 1.73. The van der Waals surface area contributed by atoms with Crippen LogP contribution in [0.5, 0.6) is 0 Å². The van der Waals surface area contributed by atoms with Gasteiger partial charge in [-0.25, -0.2) is 0 Å². The van der Waals surface area contributed by atoms with E-state index in [1.807, 2.05) is 6.92 Å². The number of carbonyl (C=O) groups is 1. The Morgan fingerprint density at radius 3 is 2.43 bits per heavy atom. The second-order valence-electron chi connectivity index (χ2n) is 1.21. The van der Waals surface area contributed by atoms with Gasteiger partial charge in [-0.1, -0.05) is 0 Å². The van der Waals surface area contributed by atoms with Crippen LogP contribution in [0.25, 0.3) is 0 Å². The predicted octanol–water partition coefficient (Wildman–Crippen LogP) is 1.31. The lowest BCUT2D eigenvalue weighted by molar-refractivity contribution is -0.112. The van der Waals surface area contributed by atoms with Gasteiger partial charge in [0.25, 0.3) is 0 Å². The fraction of sp³-hybridized carbons (Fsp3) is 0.333. The highest BCUT2D eigenvalue weighted by atomic mass is 16.1. The smallest absolute Gasteiger partial charge is 0.160 e. The summed E-state index contributed by atoms with van der Waals surface area (Å²) in [5.41, 5.74) is 2.65. The van der Waals surface area contributed by atoms with Crippen LogP contribution in [-0.4, -0.2) is 5.78 Å². The molecular formula is C6H8O. The summed E-state index contributed by atoms with van der Waals surface area (Å²) >= 11 is 0. The van der Waals surface area contributed by atoms with Gasteiger partial charge in [-0.15, -0.1) is 5.73 Å². The molecule has 0 aromatic heterocycles. The fourth-order valence-electron chi connectivity index (χ4n) is 0.201. The Bertz CT molecular complexity index is 116. The third kappa shape index (κ3) is 5.19. The van der Waals surface area contributed by atoms with Gasteiger partial charge in [0.1, 0.15) is 0 Å². The Balaban J connectivity index is 3.70. The summed E-state index contributed by atoms with van der Waals surface area (Å²) in [7, 11) is 0. The molecule has 7 heavy (non-hydrogen) atoms. The number of ketones is 1. The quantitative estimate of drug-likeness (QED) is 0.355. The van der Waals surface area contributed by atoms with Crippen LogP contribution in [-0.2, 0) is 4.79 Å². The molecule has 0 rings (SSSR count). The summed E-state index contributed by atoms with van der Waals surface area (Å²) in [4.78, 5) is 10.1. The highest BCUT2D eigenvalue weighted by molar-refractivity contribution is 5.86. The van der Waals surface area contributed by atoms with Gasteiger partial charge in [-0.2, -0.15) is 0 Å². The summed E-state index contributed by atoms with van der Waals surface area (Å²) in [6.45, 7) is 3.32. The first-order valence-electron chi connectivity index (χ1n) is 2.15. The van der Waals surface area contributed by atoms with Crippen molar-refractivity contribution in [2.45, 2.75) is 13.8 Å². The van der Waals surface area contributed by atoms with Gasteiger partial charge in [-0.3, -0.25) is 4.79 Å². The summed E-state index contributed by atoms with van der Waals surface area (Å²) in [6, 6.07) is 0. The van der Waals surface area contributed by atoms with E-state index in [0.29, 0.717) is 0 Å². The van der Waals surface area contributed by atoms with E-state index in [9.17, 15) is 4.79 Å². The lowest BCUT2D eigenvalue weighted by atomic mass is 10.4. The van der Waals surface area contributed by atoms with Crippen molar-refractivity contribution in [1.82, 2.24) is 0 Å². The maximum atomic E-state index is 10.1. The van der Waals surface area contributed by atoms with Crippen molar-refractivity contribution in [2.24, 2.45) is 0 Å². The van der Waals surface area contributed by atoms with E-state index in [1.54, 1.807) is 6.08 Å². The molecule has 0 saturated heterocycles. The first-order chi connectivity index (χ1) is 3.27. The van der Waals surface area contributed by atoms with E-state index in [2.05, 4.69) is 5.73 Å². The van der Waals surface area contributed by atoms with Crippen LogP contribution in [0, 0.1) is 0 Å². The lowest BCUT2D eigenvalue weighted by Gasteiger charge is -1.65. The molecule has 0 aliphatic rings. The van der Waals surface area contributed by atoms with Crippen LogP contribution in [0.3, 0.4) is 0 Å². The van der Waals surface area contributed by atoms with Crippen molar-refractivity contribution in [3.8, 4) is 0 Å². The molecule has 0 aliphatic carbocycles. The minimum atomic E-state index is 0.0399. The van der Waals surface area contributed by atoms with Crippen LogP contribution >= 0.6 is 0 Å². The van der Waals surface area contributed by atoms with E-state index in [1.165, 1.54) is 13.0 Å². The van der Waals surface area contributed by atoms with E-state index in [4.69, 9.17) is 0 Å². The average Bonchev–Trinajstić information content (AvgIpc) is 1.61. The van der Waals surface area contributed by atoms with Crippen LogP contribution in [0.15, 0.2) is 17.9 Å². The molecule has 0 N–H and O–H groups in total. The molecule has 1 heteroatoms. The van der Waals surface area contributed by atoms with Crippen LogP contribution in [0.2, 0.25) is 0 Å². The molecule has 0 heterocycles.